The number of para-hydroxylation sites is 1. The molecule has 0 fully saturated rings. The van der Waals surface area contributed by atoms with Crippen molar-refractivity contribution in [3.8, 4) is 5.75 Å². The molecule has 0 amide bonds. The largest absolute Gasteiger partial charge is 0.486 e. The molecule has 0 spiro atoms. The molecule has 1 aliphatic rings. The maximum Gasteiger partial charge on any atom is 0.133 e. The third-order valence-electron chi connectivity index (χ3n) is 3.11. The normalized spacial score (nSPS) is 19.6. The monoisotopic (exact) mass is 311 g/mol. The predicted octanol–water partition coefficient (Wildman–Crippen LogP) is 4.22. The number of hydrogen-bond acceptors (Lipinski definition) is 4. The average molecular weight is 312 g/mol. The Kier molecular flexibility index (Phi) is 4.03. The fraction of sp³-hybridized carbons (Fsp3) is 0.286. The van der Waals surface area contributed by atoms with Gasteiger partial charge in [-0.15, -0.1) is 23.1 Å². The van der Waals surface area contributed by atoms with Gasteiger partial charge in [0.05, 0.1) is 10.4 Å². The van der Waals surface area contributed by atoms with E-state index in [9.17, 15) is 0 Å². The van der Waals surface area contributed by atoms with Crippen LogP contribution in [0.5, 0.6) is 5.75 Å². The first-order valence-electron chi connectivity index (χ1n) is 6.09. The molecular formula is C14H14ClNOS2. The first-order valence-corrected chi connectivity index (χ1v) is 8.27. The third kappa shape index (κ3) is 2.77. The van der Waals surface area contributed by atoms with E-state index in [1.165, 1.54) is 9.77 Å². The maximum absolute atomic E-state index is 6.13. The summed E-state index contributed by atoms with van der Waals surface area (Å²) in [5.74, 6) is 1.92. The average Bonchev–Trinajstić information content (AvgIpc) is 2.86. The Bertz CT molecular complexity index is 572. The van der Waals surface area contributed by atoms with Crippen LogP contribution in [-0.2, 0) is 0 Å². The quantitative estimate of drug-likeness (QED) is 0.917. The van der Waals surface area contributed by atoms with E-state index in [2.05, 4.69) is 17.4 Å². The SMILES string of the molecule is CNC(c1ccc(Cl)s1)C1CSc2ccccc2O1. The second-order valence-corrected chi connectivity index (χ2v) is 7.13. The van der Waals surface area contributed by atoms with Gasteiger partial charge in [-0.3, -0.25) is 0 Å². The number of nitrogens with one attached hydrogen (secondary N) is 1. The maximum atomic E-state index is 6.13. The molecular weight excluding hydrogens is 298 g/mol. The molecule has 2 nitrogen and oxygen atoms in total. The summed E-state index contributed by atoms with van der Waals surface area (Å²) in [5, 5.41) is 3.35. The minimum Gasteiger partial charge on any atom is -0.486 e. The molecule has 1 aromatic carbocycles. The van der Waals surface area contributed by atoms with E-state index in [-0.39, 0.29) is 12.1 Å². The van der Waals surface area contributed by atoms with E-state index in [4.69, 9.17) is 16.3 Å². The van der Waals surface area contributed by atoms with Gasteiger partial charge in [0.2, 0.25) is 0 Å². The van der Waals surface area contributed by atoms with Gasteiger partial charge in [0, 0.05) is 15.5 Å². The zero-order valence-corrected chi connectivity index (χ0v) is 12.8. The van der Waals surface area contributed by atoms with Crippen LogP contribution >= 0.6 is 34.7 Å². The summed E-state index contributed by atoms with van der Waals surface area (Å²) in [5.41, 5.74) is 0. The molecule has 0 bridgehead atoms. The minimum absolute atomic E-state index is 0.125. The number of thiophene rings is 1. The van der Waals surface area contributed by atoms with E-state index >= 15 is 0 Å². The van der Waals surface area contributed by atoms with E-state index in [0.717, 1.165) is 15.8 Å². The predicted molar refractivity (Wildman–Crippen MR) is 82.7 cm³/mol. The van der Waals surface area contributed by atoms with E-state index in [0.29, 0.717) is 0 Å². The van der Waals surface area contributed by atoms with Crippen LogP contribution in [0.4, 0.5) is 0 Å². The Morgan fingerprint density at radius 1 is 1.32 bits per heavy atom. The van der Waals surface area contributed by atoms with Gasteiger partial charge in [0.1, 0.15) is 11.9 Å². The molecule has 2 heterocycles. The van der Waals surface area contributed by atoms with E-state index < -0.39 is 0 Å². The van der Waals surface area contributed by atoms with Crippen molar-refractivity contribution in [1.29, 1.82) is 0 Å². The number of rotatable bonds is 3. The number of halogens is 1. The van der Waals surface area contributed by atoms with Gasteiger partial charge >= 0.3 is 0 Å². The number of thioether (sulfide) groups is 1. The lowest BCUT2D eigenvalue weighted by atomic mass is 10.1. The van der Waals surface area contributed by atoms with Crippen molar-refractivity contribution in [2.45, 2.75) is 17.0 Å². The first-order chi connectivity index (χ1) is 9.28. The molecule has 0 radical (unpaired) electrons. The van der Waals surface area contributed by atoms with Gasteiger partial charge in [-0.25, -0.2) is 0 Å². The summed E-state index contributed by atoms with van der Waals surface area (Å²) in [7, 11) is 1.97. The summed E-state index contributed by atoms with van der Waals surface area (Å²) in [6.07, 6.45) is 0.125. The zero-order valence-electron chi connectivity index (χ0n) is 10.4. The van der Waals surface area contributed by atoms with Crippen LogP contribution in [0.3, 0.4) is 0 Å². The fourth-order valence-electron chi connectivity index (χ4n) is 2.21. The third-order valence-corrected chi connectivity index (χ3v) is 5.57. The number of hydrogen-bond donors (Lipinski definition) is 1. The number of fused-ring (bicyclic) bond motifs is 1. The van der Waals surface area contributed by atoms with Crippen molar-refractivity contribution >= 4 is 34.7 Å². The minimum atomic E-state index is 0.125. The molecule has 1 N–H and O–H groups in total. The van der Waals surface area contributed by atoms with Crippen molar-refractivity contribution in [2.75, 3.05) is 12.8 Å². The number of benzene rings is 1. The highest BCUT2D eigenvalue weighted by atomic mass is 35.5. The van der Waals surface area contributed by atoms with Crippen LogP contribution in [0.15, 0.2) is 41.3 Å². The van der Waals surface area contributed by atoms with Crippen LogP contribution in [0, 0.1) is 0 Å². The van der Waals surface area contributed by atoms with Gasteiger partial charge in [-0.1, -0.05) is 23.7 Å². The Balaban J connectivity index is 1.83. The summed E-state index contributed by atoms with van der Waals surface area (Å²) in [6.45, 7) is 0. The Labute approximate surface area is 126 Å². The number of likely N-dealkylation sites (N-methyl/N-ethyl adjacent to an activating group) is 1. The molecule has 3 rings (SSSR count). The Morgan fingerprint density at radius 2 is 2.16 bits per heavy atom. The van der Waals surface area contributed by atoms with Gasteiger partial charge in [-0.05, 0) is 31.3 Å². The van der Waals surface area contributed by atoms with Gasteiger partial charge in [-0.2, -0.15) is 0 Å². The van der Waals surface area contributed by atoms with Crippen molar-refractivity contribution in [2.24, 2.45) is 0 Å². The molecule has 100 valence electrons. The summed E-state index contributed by atoms with van der Waals surface area (Å²) in [6, 6.07) is 12.4. The molecule has 5 heteroatoms. The highest BCUT2D eigenvalue weighted by Gasteiger charge is 2.29. The second kappa shape index (κ2) is 5.75. The molecule has 2 atom stereocenters. The van der Waals surface area contributed by atoms with E-state index in [1.54, 1.807) is 11.3 Å². The standard InChI is InChI=1S/C14H14ClNOS2/c1-16-14(12-6-7-13(15)19-12)10-8-18-11-5-3-2-4-9(11)17-10/h2-7,10,14,16H,8H2,1H3. The molecule has 19 heavy (non-hydrogen) atoms. The molecule has 0 saturated carbocycles. The summed E-state index contributed by atoms with van der Waals surface area (Å²) >= 11 is 9.48. The molecule has 1 aliphatic heterocycles. The zero-order chi connectivity index (χ0) is 13.2. The summed E-state index contributed by atoms with van der Waals surface area (Å²) in [4.78, 5) is 2.44. The molecule has 1 aromatic heterocycles. The highest BCUT2D eigenvalue weighted by Crippen LogP contribution is 2.39. The van der Waals surface area contributed by atoms with Gasteiger partial charge in [0.15, 0.2) is 0 Å². The number of ether oxygens (including phenoxy) is 1. The van der Waals surface area contributed by atoms with Crippen LogP contribution in [0.25, 0.3) is 0 Å². The molecule has 0 aliphatic carbocycles. The van der Waals surface area contributed by atoms with Crippen molar-refractivity contribution in [3.05, 3.63) is 45.6 Å². The van der Waals surface area contributed by atoms with Crippen LogP contribution in [0.1, 0.15) is 10.9 Å². The van der Waals surface area contributed by atoms with Crippen molar-refractivity contribution in [3.63, 3.8) is 0 Å². The van der Waals surface area contributed by atoms with Crippen molar-refractivity contribution < 1.29 is 4.74 Å². The first kappa shape index (κ1) is 13.3. The topological polar surface area (TPSA) is 21.3 Å². The Morgan fingerprint density at radius 3 is 2.89 bits per heavy atom. The van der Waals surface area contributed by atoms with Gasteiger partial charge in [0.25, 0.3) is 0 Å². The molecule has 0 saturated heterocycles. The molecule has 2 aromatic rings. The van der Waals surface area contributed by atoms with Crippen LogP contribution in [-0.4, -0.2) is 18.9 Å². The van der Waals surface area contributed by atoms with Gasteiger partial charge < -0.3 is 10.1 Å². The Hall–Kier alpha value is -0.680. The lowest BCUT2D eigenvalue weighted by Gasteiger charge is -2.31. The lowest BCUT2D eigenvalue weighted by molar-refractivity contribution is 0.172. The summed E-state index contributed by atoms with van der Waals surface area (Å²) < 4.78 is 6.95. The van der Waals surface area contributed by atoms with Crippen LogP contribution in [0.2, 0.25) is 4.34 Å². The van der Waals surface area contributed by atoms with Crippen LogP contribution < -0.4 is 10.1 Å². The second-order valence-electron chi connectivity index (χ2n) is 4.32. The fourth-order valence-corrected chi connectivity index (χ4v) is 4.47. The highest BCUT2D eigenvalue weighted by molar-refractivity contribution is 7.99. The molecule has 2 unspecified atom stereocenters. The van der Waals surface area contributed by atoms with E-state index in [1.807, 2.05) is 43.1 Å². The van der Waals surface area contributed by atoms with Crippen molar-refractivity contribution in [1.82, 2.24) is 5.32 Å². The smallest absolute Gasteiger partial charge is 0.133 e. The lowest BCUT2D eigenvalue weighted by Crippen LogP contribution is -2.36.